The Hall–Kier alpha value is -1.20. The molecule has 16 heavy (non-hydrogen) atoms. The van der Waals surface area contributed by atoms with Crippen molar-refractivity contribution in [1.29, 1.82) is 0 Å². The molecule has 1 atom stereocenters. The van der Waals surface area contributed by atoms with Crippen molar-refractivity contribution in [1.82, 2.24) is 15.3 Å². The average molecular weight is 244 g/mol. The van der Waals surface area contributed by atoms with Gasteiger partial charge < -0.3 is 10.1 Å². The van der Waals surface area contributed by atoms with E-state index in [0.29, 0.717) is 13.2 Å². The summed E-state index contributed by atoms with van der Waals surface area (Å²) in [5.74, 6) is -0.282. The van der Waals surface area contributed by atoms with E-state index in [2.05, 4.69) is 15.3 Å². The van der Waals surface area contributed by atoms with E-state index in [1.54, 1.807) is 0 Å². The Morgan fingerprint density at radius 3 is 2.88 bits per heavy atom. The van der Waals surface area contributed by atoms with Crippen molar-refractivity contribution in [2.45, 2.75) is 20.0 Å². The average Bonchev–Trinajstić information content (AvgIpc) is 2.27. The highest BCUT2D eigenvalue weighted by atomic mass is 35.5. The van der Waals surface area contributed by atoms with Crippen molar-refractivity contribution in [3.63, 3.8) is 0 Å². The highest BCUT2D eigenvalue weighted by molar-refractivity contribution is 6.29. The Balaban J connectivity index is 2.43. The zero-order chi connectivity index (χ0) is 12.0. The Labute approximate surface area is 99.2 Å². The van der Waals surface area contributed by atoms with E-state index in [4.69, 9.17) is 16.3 Å². The van der Waals surface area contributed by atoms with Gasteiger partial charge in [-0.1, -0.05) is 11.6 Å². The van der Waals surface area contributed by atoms with Crippen LogP contribution in [-0.4, -0.2) is 35.1 Å². The molecule has 6 heteroatoms. The molecule has 5 nitrogen and oxygen atoms in total. The summed E-state index contributed by atoms with van der Waals surface area (Å²) in [4.78, 5) is 19.2. The maximum Gasteiger partial charge on any atom is 0.271 e. The SMILES string of the molecule is CCOC(C)CNC(=O)c1cnc(Cl)cn1. The van der Waals surface area contributed by atoms with Gasteiger partial charge in [0.1, 0.15) is 10.8 Å². The van der Waals surface area contributed by atoms with Crippen LogP contribution in [-0.2, 0) is 4.74 Å². The maximum absolute atomic E-state index is 11.6. The molecular weight excluding hydrogens is 230 g/mol. The Kier molecular flexibility index (Phi) is 5.14. The number of halogens is 1. The molecule has 1 heterocycles. The molecule has 0 radical (unpaired) electrons. The highest BCUT2D eigenvalue weighted by Crippen LogP contribution is 2.01. The molecule has 1 N–H and O–H groups in total. The normalized spacial score (nSPS) is 12.2. The topological polar surface area (TPSA) is 64.1 Å². The van der Waals surface area contributed by atoms with Crippen LogP contribution in [0.2, 0.25) is 5.15 Å². The number of nitrogens with zero attached hydrogens (tertiary/aromatic N) is 2. The summed E-state index contributed by atoms with van der Waals surface area (Å²) in [5, 5.41) is 2.96. The molecular formula is C10H14ClN3O2. The van der Waals surface area contributed by atoms with Crippen LogP contribution >= 0.6 is 11.6 Å². The van der Waals surface area contributed by atoms with Crippen molar-refractivity contribution in [2.24, 2.45) is 0 Å². The molecule has 1 amide bonds. The fraction of sp³-hybridized carbons (Fsp3) is 0.500. The van der Waals surface area contributed by atoms with Gasteiger partial charge in [0.25, 0.3) is 5.91 Å². The first-order chi connectivity index (χ1) is 7.63. The second-order valence-electron chi connectivity index (χ2n) is 3.20. The molecule has 0 aromatic carbocycles. The Morgan fingerprint density at radius 1 is 1.56 bits per heavy atom. The van der Waals surface area contributed by atoms with Gasteiger partial charge >= 0.3 is 0 Å². The molecule has 1 aromatic rings. The molecule has 88 valence electrons. The largest absolute Gasteiger partial charge is 0.377 e. The highest BCUT2D eigenvalue weighted by Gasteiger charge is 2.09. The van der Waals surface area contributed by atoms with Crippen LogP contribution in [0.4, 0.5) is 0 Å². The lowest BCUT2D eigenvalue weighted by Crippen LogP contribution is -2.32. The lowest BCUT2D eigenvalue weighted by Gasteiger charge is -2.11. The molecule has 0 spiro atoms. The van der Waals surface area contributed by atoms with Gasteiger partial charge in [-0.2, -0.15) is 0 Å². The summed E-state index contributed by atoms with van der Waals surface area (Å²) >= 11 is 5.56. The monoisotopic (exact) mass is 243 g/mol. The number of carbonyl (C=O) groups is 1. The fourth-order valence-corrected chi connectivity index (χ4v) is 1.20. The van der Waals surface area contributed by atoms with Crippen LogP contribution in [0, 0.1) is 0 Å². The van der Waals surface area contributed by atoms with Crippen LogP contribution < -0.4 is 5.32 Å². The molecule has 1 unspecified atom stereocenters. The maximum atomic E-state index is 11.6. The minimum atomic E-state index is -0.282. The molecule has 1 aromatic heterocycles. The van der Waals surface area contributed by atoms with Gasteiger partial charge in [-0.3, -0.25) is 4.79 Å². The third-order valence-corrected chi connectivity index (χ3v) is 2.05. The van der Waals surface area contributed by atoms with Crippen molar-refractivity contribution in [3.05, 3.63) is 23.2 Å². The standard InChI is InChI=1S/C10H14ClN3O2/c1-3-16-7(2)4-14-10(15)8-5-13-9(11)6-12-8/h5-7H,3-4H2,1-2H3,(H,14,15). The van der Waals surface area contributed by atoms with Gasteiger partial charge in [-0.05, 0) is 13.8 Å². The van der Waals surface area contributed by atoms with Crippen LogP contribution in [0.3, 0.4) is 0 Å². The van der Waals surface area contributed by atoms with E-state index in [0.717, 1.165) is 0 Å². The molecule has 0 aliphatic carbocycles. The first-order valence-corrected chi connectivity index (χ1v) is 5.38. The first kappa shape index (κ1) is 12.9. The molecule has 0 aliphatic rings. The number of amides is 1. The molecule has 1 rings (SSSR count). The summed E-state index contributed by atoms with van der Waals surface area (Å²) in [6.45, 7) is 4.86. The van der Waals surface area contributed by atoms with E-state index >= 15 is 0 Å². The number of ether oxygens (including phenoxy) is 1. The quantitative estimate of drug-likeness (QED) is 0.846. The third-order valence-electron chi connectivity index (χ3n) is 1.85. The summed E-state index contributed by atoms with van der Waals surface area (Å²) in [6, 6.07) is 0. The second-order valence-corrected chi connectivity index (χ2v) is 3.59. The van der Waals surface area contributed by atoms with Crippen molar-refractivity contribution in [3.8, 4) is 0 Å². The van der Waals surface area contributed by atoms with Gasteiger partial charge in [0.15, 0.2) is 0 Å². The molecule has 0 saturated carbocycles. The number of hydrogen-bond donors (Lipinski definition) is 1. The third kappa shape index (κ3) is 4.12. The Bertz CT molecular complexity index is 342. The van der Waals surface area contributed by atoms with E-state index < -0.39 is 0 Å². The zero-order valence-corrected chi connectivity index (χ0v) is 9.99. The number of carbonyl (C=O) groups excluding carboxylic acids is 1. The number of nitrogens with one attached hydrogen (secondary N) is 1. The van der Waals surface area contributed by atoms with E-state index in [1.165, 1.54) is 12.4 Å². The van der Waals surface area contributed by atoms with Crippen molar-refractivity contribution in [2.75, 3.05) is 13.2 Å². The molecule has 0 saturated heterocycles. The van der Waals surface area contributed by atoms with Crippen molar-refractivity contribution < 1.29 is 9.53 Å². The predicted octanol–water partition coefficient (Wildman–Crippen LogP) is 1.28. The minimum absolute atomic E-state index is 0.0193. The molecule has 0 bridgehead atoms. The zero-order valence-electron chi connectivity index (χ0n) is 9.24. The summed E-state index contributed by atoms with van der Waals surface area (Å²) in [7, 11) is 0. The van der Waals surface area contributed by atoms with Gasteiger partial charge in [-0.25, -0.2) is 9.97 Å². The smallest absolute Gasteiger partial charge is 0.271 e. The fourth-order valence-electron chi connectivity index (χ4n) is 1.10. The van der Waals surface area contributed by atoms with Gasteiger partial charge in [0.2, 0.25) is 0 Å². The van der Waals surface area contributed by atoms with E-state index in [1.807, 2.05) is 13.8 Å². The van der Waals surface area contributed by atoms with Crippen LogP contribution in [0.15, 0.2) is 12.4 Å². The number of aromatic nitrogens is 2. The molecule has 0 aliphatic heterocycles. The first-order valence-electron chi connectivity index (χ1n) is 5.00. The minimum Gasteiger partial charge on any atom is -0.377 e. The summed E-state index contributed by atoms with van der Waals surface area (Å²) in [6.07, 6.45) is 2.65. The lowest BCUT2D eigenvalue weighted by molar-refractivity contribution is 0.0693. The number of hydrogen-bond acceptors (Lipinski definition) is 4. The van der Waals surface area contributed by atoms with Crippen molar-refractivity contribution >= 4 is 17.5 Å². The van der Waals surface area contributed by atoms with Crippen LogP contribution in [0.1, 0.15) is 24.3 Å². The van der Waals surface area contributed by atoms with E-state index in [9.17, 15) is 4.79 Å². The van der Waals surface area contributed by atoms with E-state index in [-0.39, 0.29) is 22.9 Å². The predicted molar refractivity (Wildman–Crippen MR) is 60.5 cm³/mol. The summed E-state index contributed by atoms with van der Waals surface area (Å²) < 4.78 is 5.28. The lowest BCUT2D eigenvalue weighted by atomic mass is 10.3. The van der Waals surface area contributed by atoms with Gasteiger partial charge in [0.05, 0.1) is 18.5 Å². The van der Waals surface area contributed by atoms with Crippen LogP contribution in [0.25, 0.3) is 0 Å². The number of rotatable bonds is 5. The molecule has 0 fully saturated rings. The Morgan fingerprint density at radius 2 is 2.31 bits per heavy atom. The second kappa shape index (κ2) is 6.40. The summed E-state index contributed by atoms with van der Waals surface area (Å²) in [5.41, 5.74) is 0.244. The van der Waals surface area contributed by atoms with Gasteiger partial charge in [0, 0.05) is 13.2 Å². The van der Waals surface area contributed by atoms with Crippen LogP contribution in [0.5, 0.6) is 0 Å². The van der Waals surface area contributed by atoms with Gasteiger partial charge in [-0.15, -0.1) is 0 Å².